The molecule has 0 unspecified atom stereocenters. The van der Waals surface area contributed by atoms with Crippen LogP contribution >= 0.6 is 23.4 Å². The fraction of sp³-hybridized carbons (Fsp3) is 0.412. The van der Waals surface area contributed by atoms with Crippen molar-refractivity contribution in [3.05, 3.63) is 35.1 Å². The minimum Gasteiger partial charge on any atom is -0.484 e. The molecule has 2 amide bonds. The van der Waals surface area contributed by atoms with Crippen molar-refractivity contribution in [2.24, 2.45) is 0 Å². The van der Waals surface area contributed by atoms with Crippen molar-refractivity contribution in [3.8, 4) is 5.75 Å². The molecule has 8 nitrogen and oxygen atoms in total. The highest BCUT2D eigenvalue weighted by atomic mass is 35.5. The van der Waals surface area contributed by atoms with Gasteiger partial charge in [0.1, 0.15) is 19.0 Å². The molecule has 10 heteroatoms. The van der Waals surface area contributed by atoms with Gasteiger partial charge < -0.3 is 9.47 Å². The first-order valence-electron chi connectivity index (χ1n) is 8.54. The number of benzene rings is 1. The van der Waals surface area contributed by atoms with Crippen LogP contribution in [0.4, 0.5) is 4.79 Å². The van der Waals surface area contributed by atoms with Crippen molar-refractivity contribution in [3.63, 3.8) is 0 Å². The minimum atomic E-state index is -0.585. The fourth-order valence-corrected chi connectivity index (χ4v) is 3.82. The average Bonchev–Trinajstić information content (AvgIpc) is 3.28. The van der Waals surface area contributed by atoms with Crippen molar-refractivity contribution in [2.45, 2.75) is 30.6 Å². The Balaban J connectivity index is 1.42. The van der Waals surface area contributed by atoms with E-state index in [-0.39, 0.29) is 24.9 Å². The number of halogens is 1. The van der Waals surface area contributed by atoms with Gasteiger partial charge in [0.25, 0.3) is 0 Å². The lowest BCUT2D eigenvalue weighted by Gasteiger charge is -2.12. The molecule has 0 N–H and O–H groups in total. The standard InChI is InChI=1S/C17H17ClN4O4S/c18-12-3-1-2-4-13(12)26-9-14-19-20-16(22(14)11-5-6-11)27-10-15(23)21-7-8-25-17(21)24/h1-4,11H,5-10H2. The number of aromatic nitrogens is 3. The van der Waals surface area contributed by atoms with Crippen LogP contribution in [0.15, 0.2) is 29.4 Å². The van der Waals surface area contributed by atoms with Gasteiger partial charge in [-0.1, -0.05) is 35.5 Å². The molecule has 1 saturated heterocycles. The van der Waals surface area contributed by atoms with E-state index in [1.54, 1.807) is 12.1 Å². The predicted octanol–water partition coefficient (Wildman–Crippen LogP) is 2.92. The van der Waals surface area contributed by atoms with E-state index < -0.39 is 6.09 Å². The Morgan fingerprint density at radius 3 is 2.85 bits per heavy atom. The van der Waals surface area contributed by atoms with Gasteiger partial charge in [0, 0.05) is 6.04 Å². The van der Waals surface area contributed by atoms with Crippen LogP contribution in [0.2, 0.25) is 5.02 Å². The Kier molecular flexibility index (Phi) is 5.22. The Bertz CT molecular complexity index is 870. The number of carbonyl (C=O) groups is 2. The molecule has 2 fully saturated rings. The zero-order chi connectivity index (χ0) is 18.8. The van der Waals surface area contributed by atoms with Crippen LogP contribution in [0.3, 0.4) is 0 Å². The summed E-state index contributed by atoms with van der Waals surface area (Å²) in [6, 6.07) is 7.56. The summed E-state index contributed by atoms with van der Waals surface area (Å²) >= 11 is 7.38. The maximum Gasteiger partial charge on any atom is 0.416 e. The molecular weight excluding hydrogens is 392 g/mol. The number of ether oxygens (including phenoxy) is 2. The van der Waals surface area contributed by atoms with Gasteiger partial charge in [0.15, 0.2) is 11.0 Å². The first kappa shape index (κ1) is 18.1. The molecule has 27 heavy (non-hydrogen) atoms. The van der Waals surface area contributed by atoms with Crippen LogP contribution in [0.1, 0.15) is 24.7 Å². The molecule has 1 aromatic heterocycles. The Hall–Kier alpha value is -2.26. The summed E-state index contributed by atoms with van der Waals surface area (Å²) in [5.74, 6) is 1.09. The number of nitrogens with zero attached hydrogens (tertiary/aromatic N) is 4. The number of carbonyl (C=O) groups excluding carboxylic acids is 2. The number of amides is 2. The van der Waals surface area contributed by atoms with E-state index in [4.69, 9.17) is 21.1 Å². The van der Waals surface area contributed by atoms with Gasteiger partial charge in [-0.2, -0.15) is 0 Å². The van der Waals surface area contributed by atoms with Crippen LogP contribution in [0.25, 0.3) is 0 Å². The molecule has 1 saturated carbocycles. The maximum atomic E-state index is 12.2. The van der Waals surface area contributed by atoms with Crippen LogP contribution in [-0.2, 0) is 16.1 Å². The molecule has 0 bridgehead atoms. The third-order valence-corrected chi connectivity index (χ3v) is 5.47. The smallest absolute Gasteiger partial charge is 0.416 e. The molecular formula is C17H17ClN4O4S. The predicted molar refractivity (Wildman–Crippen MR) is 97.9 cm³/mol. The molecule has 1 aliphatic heterocycles. The van der Waals surface area contributed by atoms with E-state index >= 15 is 0 Å². The molecule has 2 aliphatic rings. The topological polar surface area (TPSA) is 86.6 Å². The van der Waals surface area contributed by atoms with Crippen LogP contribution in [0.5, 0.6) is 5.75 Å². The first-order chi connectivity index (χ1) is 13.1. The highest BCUT2D eigenvalue weighted by Crippen LogP contribution is 2.39. The van der Waals surface area contributed by atoms with Crippen molar-refractivity contribution < 1.29 is 19.1 Å². The van der Waals surface area contributed by atoms with Gasteiger partial charge >= 0.3 is 6.09 Å². The minimum absolute atomic E-state index is 0.103. The molecule has 1 aromatic carbocycles. The second kappa shape index (κ2) is 7.77. The number of rotatable bonds is 7. The van der Waals surface area contributed by atoms with Gasteiger partial charge in [0.05, 0.1) is 17.3 Å². The van der Waals surface area contributed by atoms with Gasteiger partial charge in [0.2, 0.25) is 5.91 Å². The van der Waals surface area contributed by atoms with Gasteiger partial charge in [-0.15, -0.1) is 10.2 Å². The molecule has 2 heterocycles. The van der Waals surface area contributed by atoms with E-state index in [9.17, 15) is 9.59 Å². The van der Waals surface area contributed by atoms with Gasteiger partial charge in [-0.05, 0) is 25.0 Å². The maximum absolute atomic E-state index is 12.2. The lowest BCUT2D eigenvalue weighted by atomic mass is 10.3. The molecule has 4 rings (SSSR count). The Labute approximate surface area is 164 Å². The summed E-state index contributed by atoms with van der Waals surface area (Å²) in [5, 5.41) is 9.61. The van der Waals surface area contributed by atoms with Crippen molar-refractivity contribution in [1.29, 1.82) is 0 Å². The number of thioether (sulfide) groups is 1. The van der Waals surface area contributed by atoms with Crippen LogP contribution < -0.4 is 4.74 Å². The van der Waals surface area contributed by atoms with E-state index in [2.05, 4.69) is 10.2 Å². The third kappa shape index (κ3) is 4.03. The summed E-state index contributed by atoms with van der Waals surface area (Å²) in [4.78, 5) is 24.8. The summed E-state index contributed by atoms with van der Waals surface area (Å²) in [6.45, 7) is 0.779. The fourth-order valence-electron chi connectivity index (χ4n) is 2.73. The van der Waals surface area contributed by atoms with Crippen molar-refractivity contribution in [2.75, 3.05) is 18.9 Å². The van der Waals surface area contributed by atoms with Crippen molar-refractivity contribution in [1.82, 2.24) is 19.7 Å². The number of cyclic esters (lactones) is 1. The number of para-hydroxylation sites is 1. The van der Waals surface area contributed by atoms with E-state index in [1.807, 2.05) is 16.7 Å². The van der Waals surface area contributed by atoms with Crippen molar-refractivity contribution >= 4 is 35.4 Å². The molecule has 1 aliphatic carbocycles. The number of imide groups is 1. The first-order valence-corrected chi connectivity index (χ1v) is 9.91. The zero-order valence-electron chi connectivity index (χ0n) is 14.3. The van der Waals surface area contributed by atoms with Gasteiger partial charge in [-0.3, -0.25) is 9.36 Å². The lowest BCUT2D eigenvalue weighted by Crippen LogP contribution is -2.33. The third-order valence-electron chi connectivity index (χ3n) is 4.23. The highest BCUT2D eigenvalue weighted by molar-refractivity contribution is 7.99. The second-order valence-corrected chi connectivity index (χ2v) is 7.52. The normalized spacial score (nSPS) is 16.5. The van der Waals surface area contributed by atoms with Gasteiger partial charge in [-0.25, -0.2) is 9.69 Å². The molecule has 0 atom stereocenters. The summed E-state index contributed by atoms with van der Waals surface area (Å²) in [6.07, 6.45) is 1.49. The Morgan fingerprint density at radius 2 is 2.15 bits per heavy atom. The molecule has 142 valence electrons. The SMILES string of the molecule is O=C(CSc1nnc(COc2ccccc2Cl)n1C1CC1)N1CCOC1=O. The lowest BCUT2D eigenvalue weighted by molar-refractivity contribution is -0.125. The molecule has 0 radical (unpaired) electrons. The Morgan fingerprint density at radius 1 is 1.33 bits per heavy atom. The zero-order valence-corrected chi connectivity index (χ0v) is 15.9. The number of hydrogen-bond donors (Lipinski definition) is 0. The average molecular weight is 409 g/mol. The summed E-state index contributed by atoms with van der Waals surface area (Å²) in [7, 11) is 0. The summed E-state index contributed by atoms with van der Waals surface area (Å²) < 4.78 is 12.6. The summed E-state index contributed by atoms with van der Waals surface area (Å²) in [5.41, 5.74) is 0. The van der Waals surface area contributed by atoms with E-state index in [1.165, 1.54) is 11.8 Å². The van der Waals surface area contributed by atoms with E-state index in [0.29, 0.717) is 34.3 Å². The monoisotopic (exact) mass is 408 g/mol. The van der Waals surface area contributed by atoms with Crippen LogP contribution in [-0.4, -0.2) is 50.6 Å². The largest absolute Gasteiger partial charge is 0.484 e. The van der Waals surface area contributed by atoms with E-state index in [0.717, 1.165) is 17.7 Å². The number of hydrogen-bond acceptors (Lipinski definition) is 7. The van der Waals surface area contributed by atoms with Crippen LogP contribution in [0, 0.1) is 0 Å². The quantitative estimate of drug-likeness (QED) is 0.651. The second-order valence-electron chi connectivity index (χ2n) is 6.17. The molecule has 0 spiro atoms. The highest BCUT2D eigenvalue weighted by Gasteiger charge is 2.32. The molecule has 2 aromatic rings.